The van der Waals surface area contributed by atoms with E-state index in [4.69, 9.17) is 15.8 Å². The molecule has 5 rings (SSSR count). The van der Waals surface area contributed by atoms with Gasteiger partial charge < -0.3 is 10.8 Å². The van der Waals surface area contributed by atoms with Gasteiger partial charge >= 0.3 is 5.97 Å². The van der Waals surface area contributed by atoms with Crippen LogP contribution < -0.4 is 5.73 Å². The molecule has 7 nitrogen and oxygen atoms in total. The van der Waals surface area contributed by atoms with Gasteiger partial charge in [-0.1, -0.05) is 12.1 Å². The Bertz CT molecular complexity index is 1340. The summed E-state index contributed by atoms with van der Waals surface area (Å²) < 4.78 is 2.45. The third-order valence-electron chi connectivity index (χ3n) is 6.53. The largest absolute Gasteiger partial charge is 0.481 e. The van der Waals surface area contributed by atoms with Crippen LogP contribution in [0.4, 0.5) is 5.82 Å². The number of pyridine rings is 1. The number of carboxylic acids is 1. The van der Waals surface area contributed by atoms with Gasteiger partial charge in [-0.15, -0.1) is 0 Å². The summed E-state index contributed by atoms with van der Waals surface area (Å²) >= 11 is 3.65. The van der Waals surface area contributed by atoms with Crippen LogP contribution in [0.25, 0.3) is 27.7 Å². The number of rotatable bonds is 4. The quantitative estimate of drug-likeness (QED) is 0.396. The molecule has 1 aliphatic rings. The van der Waals surface area contributed by atoms with Gasteiger partial charge in [0.15, 0.2) is 5.65 Å². The number of nitrogens with zero attached hydrogens (tertiary/aromatic N) is 4. The summed E-state index contributed by atoms with van der Waals surface area (Å²) in [5, 5.41) is 14.7. The monoisotopic (exact) mass is 493 g/mol. The Balaban J connectivity index is 1.58. The van der Waals surface area contributed by atoms with Crippen molar-refractivity contribution in [3.05, 3.63) is 52.4 Å². The van der Waals surface area contributed by atoms with Gasteiger partial charge in [0.05, 0.1) is 21.9 Å². The molecular formula is C24H24BrN5O2. The minimum atomic E-state index is -0.720. The zero-order valence-corrected chi connectivity index (χ0v) is 19.3. The number of benzene rings is 1. The molecule has 3 N–H and O–H groups in total. The van der Waals surface area contributed by atoms with E-state index in [1.54, 1.807) is 4.52 Å². The van der Waals surface area contributed by atoms with Crippen LogP contribution in [0.15, 0.2) is 41.1 Å². The van der Waals surface area contributed by atoms with E-state index in [9.17, 15) is 4.79 Å². The number of aliphatic carboxylic acids is 1. The first kappa shape index (κ1) is 20.9. The van der Waals surface area contributed by atoms with Gasteiger partial charge in [0, 0.05) is 29.5 Å². The standard InChI is InChI=1S/C24H24BrN5O2/c1-13-2-7-17-16(8-9-27-19(17)10-13)18-12-28-30-23(26)21(25)22(29-24(18)30)15-5-3-14(4-6-15)11-20(31)32/h2,7-10,12,14-15H,3-6,11,26H2,1H3,(H,31,32). The van der Waals surface area contributed by atoms with Crippen LogP contribution >= 0.6 is 15.9 Å². The fraction of sp³-hybridized carbons (Fsp3) is 0.333. The lowest BCUT2D eigenvalue weighted by Crippen LogP contribution is -2.18. The van der Waals surface area contributed by atoms with Crippen molar-refractivity contribution in [2.24, 2.45) is 5.92 Å². The van der Waals surface area contributed by atoms with Crippen molar-refractivity contribution in [2.75, 3.05) is 5.73 Å². The highest BCUT2D eigenvalue weighted by Gasteiger charge is 2.28. The Hall–Kier alpha value is -3.00. The first-order valence-corrected chi connectivity index (χ1v) is 11.6. The summed E-state index contributed by atoms with van der Waals surface area (Å²) in [6, 6.07) is 8.23. The number of nitrogens with two attached hydrogens (primary N) is 1. The highest BCUT2D eigenvalue weighted by Crippen LogP contribution is 2.41. The van der Waals surface area contributed by atoms with E-state index in [-0.39, 0.29) is 18.3 Å². The predicted octanol–water partition coefficient (Wildman–Crippen LogP) is 5.35. The van der Waals surface area contributed by atoms with Crippen molar-refractivity contribution < 1.29 is 9.90 Å². The number of carboxylic acid groups (broad SMARTS) is 1. The maximum absolute atomic E-state index is 11.1. The third-order valence-corrected chi connectivity index (χ3v) is 7.35. The zero-order chi connectivity index (χ0) is 22.4. The lowest BCUT2D eigenvalue weighted by atomic mass is 9.79. The molecule has 1 aliphatic carbocycles. The molecule has 1 aromatic carbocycles. The van der Waals surface area contributed by atoms with Gasteiger partial charge in [-0.25, -0.2) is 4.98 Å². The lowest BCUT2D eigenvalue weighted by Gasteiger charge is -2.28. The molecule has 0 spiro atoms. The normalized spacial score (nSPS) is 18.9. The molecule has 3 heterocycles. The first-order chi connectivity index (χ1) is 15.4. The number of aromatic nitrogens is 4. The third kappa shape index (κ3) is 3.62. The fourth-order valence-corrected chi connectivity index (χ4v) is 5.43. The lowest BCUT2D eigenvalue weighted by molar-refractivity contribution is -0.138. The molecule has 0 bridgehead atoms. The molecule has 0 atom stereocenters. The Morgan fingerprint density at radius 1 is 1.22 bits per heavy atom. The van der Waals surface area contributed by atoms with Gasteiger partial charge in [0.25, 0.3) is 0 Å². The number of fused-ring (bicyclic) bond motifs is 2. The van der Waals surface area contributed by atoms with Gasteiger partial charge in [0.1, 0.15) is 5.82 Å². The topological polar surface area (TPSA) is 106 Å². The Morgan fingerprint density at radius 3 is 2.75 bits per heavy atom. The van der Waals surface area contributed by atoms with E-state index in [1.807, 2.05) is 18.5 Å². The summed E-state index contributed by atoms with van der Waals surface area (Å²) in [7, 11) is 0. The summed E-state index contributed by atoms with van der Waals surface area (Å²) in [6.07, 6.45) is 7.44. The molecule has 1 saturated carbocycles. The van der Waals surface area contributed by atoms with Crippen LogP contribution in [0.1, 0.15) is 49.3 Å². The molecule has 0 aliphatic heterocycles. The number of hydrogen-bond donors (Lipinski definition) is 2. The van der Waals surface area contributed by atoms with E-state index in [2.05, 4.69) is 51.1 Å². The SMILES string of the molecule is Cc1ccc2c(-c3cnn4c(N)c(Br)c(C5CCC(CC(=O)O)CC5)nc34)ccnc2c1. The van der Waals surface area contributed by atoms with E-state index in [1.165, 1.54) is 0 Å². The smallest absolute Gasteiger partial charge is 0.303 e. The van der Waals surface area contributed by atoms with Crippen molar-refractivity contribution in [3.63, 3.8) is 0 Å². The van der Waals surface area contributed by atoms with E-state index < -0.39 is 5.97 Å². The summed E-state index contributed by atoms with van der Waals surface area (Å²) in [6.45, 7) is 2.06. The van der Waals surface area contributed by atoms with Gasteiger partial charge in [-0.2, -0.15) is 9.61 Å². The number of halogens is 1. The minimum Gasteiger partial charge on any atom is -0.481 e. The van der Waals surface area contributed by atoms with Gasteiger partial charge in [-0.3, -0.25) is 9.78 Å². The van der Waals surface area contributed by atoms with Crippen molar-refractivity contribution in [1.82, 2.24) is 19.6 Å². The molecule has 0 amide bonds. The second-order valence-electron chi connectivity index (χ2n) is 8.68. The summed E-state index contributed by atoms with van der Waals surface area (Å²) in [5.41, 5.74) is 12.2. The molecule has 0 radical (unpaired) electrons. The van der Waals surface area contributed by atoms with Crippen LogP contribution in [0, 0.1) is 12.8 Å². The minimum absolute atomic E-state index is 0.237. The average Bonchev–Trinajstić information content (AvgIpc) is 3.20. The second kappa shape index (κ2) is 8.16. The van der Waals surface area contributed by atoms with Crippen molar-refractivity contribution in [2.45, 2.75) is 44.9 Å². The fourth-order valence-electron chi connectivity index (χ4n) is 4.85. The molecule has 0 unspecified atom stereocenters. The molecular weight excluding hydrogens is 470 g/mol. The van der Waals surface area contributed by atoms with E-state index >= 15 is 0 Å². The number of nitrogen functional groups attached to an aromatic ring is 1. The highest BCUT2D eigenvalue weighted by molar-refractivity contribution is 9.10. The number of aryl methyl sites for hydroxylation is 1. The molecule has 164 valence electrons. The van der Waals surface area contributed by atoms with E-state index in [0.717, 1.165) is 69.1 Å². The predicted molar refractivity (Wildman–Crippen MR) is 128 cm³/mol. The van der Waals surface area contributed by atoms with Crippen molar-refractivity contribution >= 4 is 44.3 Å². The van der Waals surface area contributed by atoms with Crippen LogP contribution in [0.5, 0.6) is 0 Å². The van der Waals surface area contributed by atoms with Gasteiger partial charge in [0.2, 0.25) is 0 Å². The molecule has 3 aromatic heterocycles. The van der Waals surface area contributed by atoms with Crippen LogP contribution in [0.3, 0.4) is 0 Å². The van der Waals surface area contributed by atoms with Crippen LogP contribution in [-0.2, 0) is 4.79 Å². The summed E-state index contributed by atoms with van der Waals surface area (Å²) in [4.78, 5) is 20.6. The first-order valence-electron chi connectivity index (χ1n) is 10.8. The maximum Gasteiger partial charge on any atom is 0.303 e. The van der Waals surface area contributed by atoms with E-state index in [0.29, 0.717) is 5.82 Å². The molecule has 8 heteroatoms. The maximum atomic E-state index is 11.1. The van der Waals surface area contributed by atoms with Crippen molar-refractivity contribution in [1.29, 1.82) is 0 Å². The molecule has 4 aromatic rings. The zero-order valence-electron chi connectivity index (χ0n) is 17.8. The molecule has 32 heavy (non-hydrogen) atoms. The summed E-state index contributed by atoms with van der Waals surface area (Å²) in [5.74, 6) is 0.280. The second-order valence-corrected chi connectivity index (χ2v) is 9.48. The van der Waals surface area contributed by atoms with Gasteiger partial charge in [-0.05, 0) is 77.7 Å². The van der Waals surface area contributed by atoms with Crippen molar-refractivity contribution in [3.8, 4) is 11.1 Å². The Morgan fingerprint density at radius 2 is 2.00 bits per heavy atom. The van der Waals surface area contributed by atoms with Crippen LogP contribution in [0.2, 0.25) is 0 Å². The number of anilines is 1. The Labute approximate surface area is 193 Å². The Kier molecular flexibility index (Phi) is 5.33. The number of hydrogen-bond acceptors (Lipinski definition) is 5. The average molecular weight is 494 g/mol. The van der Waals surface area contributed by atoms with Crippen LogP contribution in [-0.4, -0.2) is 30.7 Å². The highest BCUT2D eigenvalue weighted by atomic mass is 79.9. The molecule has 0 saturated heterocycles. The molecule has 1 fully saturated rings. The number of carbonyl (C=O) groups is 1.